The van der Waals surface area contributed by atoms with E-state index in [2.05, 4.69) is 51.8 Å². The van der Waals surface area contributed by atoms with Gasteiger partial charge >= 0.3 is 0 Å². The van der Waals surface area contributed by atoms with Gasteiger partial charge in [-0.15, -0.1) is 0 Å². The molecule has 2 unspecified atom stereocenters. The van der Waals surface area contributed by atoms with Crippen molar-refractivity contribution in [2.24, 2.45) is 5.92 Å². The van der Waals surface area contributed by atoms with Crippen LogP contribution in [0.25, 0.3) is 0 Å². The van der Waals surface area contributed by atoms with E-state index >= 15 is 0 Å². The summed E-state index contributed by atoms with van der Waals surface area (Å²) in [7, 11) is 0. The summed E-state index contributed by atoms with van der Waals surface area (Å²) in [6.07, 6.45) is 3.79. The molecule has 0 amide bonds. The molecule has 1 saturated carbocycles. The Bertz CT molecular complexity index is 263. The molecule has 0 aromatic carbocycles. The zero-order chi connectivity index (χ0) is 14.6. The number of aliphatic hydroxyl groups is 1. The Balaban J connectivity index is 2.59. The minimum Gasteiger partial charge on any atom is -0.394 e. The Morgan fingerprint density at radius 1 is 1.21 bits per heavy atom. The van der Waals surface area contributed by atoms with Gasteiger partial charge in [0, 0.05) is 30.2 Å². The molecule has 1 aliphatic rings. The van der Waals surface area contributed by atoms with Gasteiger partial charge in [-0.3, -0.25) is 4.90 Å². The highest BCUT2D eigenvalue weighted by Crippen LogP contribution is 2.32. The summed E-state index contributed by atoms with van der Waals surface area (Å²) in [5, 5.41) is 13.2. The molecule has 114 valence electrons. The van der Waals surface area contributed by atoms with Gasteiger partial charge < -0.3 is 10.4 Å². The third-order valence-electron chi connectivity index (χ3n) is 4.13. The Morgan fingerprint density at radius 3 is 2.16 bits per heavy atom. The maximum atomic E-state index is 9.72. The second-order valence-corrected chi connectivity index (χ2v) is 7.30. The number of aliphatic hydroxyl groups excluding tert-OH is 1. The Hall–Kier alpha value is -0.120. The van der Waals surface area contributed by atoms with Crippen molar-refractivity contribution in [3.8, 4) is 0 Å². The highest BCUT2D eigenvalue weighted by atomic mass is 16.3. The Morgan fingerprint density at radius 2 is 1.79 bits per heavy atom. The first-order valence-electron chi connectivity index (χ1n) is 7.91. The van der Waals surface area contributed by atoms with Gasteiger partial charge in [0.15, 0.2) is 0 Å². The van der Waals surface area contributed by atoms with E-state index in [1.807, 2.05) is 0 Å². The molecule has 1 rings (SSSR count). The predicted octanol–water partition coefficient (Wildman–Crippen LogP) is 2.63. The maximum Gasteiger partial charge on any atom is 0.0611 e. The molecule has 1 aliphatic carbocycles. The third-order valence-corrected chi connectivity index (χ3v) is 4.13. The molecule has 3 heteroatoms. The molecule has 1 fully saturated rings. The lowest BCUT2D eigenvalue weighted by atomic mass is 9.92. The van der Waals surface area contributed by atoms with Crippen LogP contribution in [-0.2, 0) is 0 Å². The quantitative estimate of drug-likeness (QED) is 0.676. The van der Waals surface area contributed by atoms with Crippen LogP contribution in [0.2, 0.25) is 0 Å². The SMILES string of the molecule is CC(C)NC(C)(CO)CC(C)N(CC1CC1)C(C)C. The molecule has 0 bridgehead atoms. The summed E-state index contributed by atoms with van der Waals surface area (Å²) in [4.78, 5) is 2.60. The van der Waals surface area contributed by atoms with Gasteiger partial charge in [-0.25, -0.2) is 0 Å². The summed E-state index contributed by atoms with van der Waals surface area (Å²) < 4.78 is 0. The van der Waals surface area contributed by atoms with Crippen LogP contribution in [0.1, 0.15) is 60.8 Å². The molecule has 0 heterocycles. The minimum atomic E-state index is -0.176. The van der Waals surface area contributed by atoms with Crippen molar-refractivity contribution >= 4 is 0 Å². The van der Waals surface area contributed by atoms with Crippen LogP contribution in [0, 0.1) is 5.92 Å². The standard InChI is InChI=1S/C16H34N2O/c1-12(2)17-16(6,11-19)9-14(5)18(13(3)4)10-15-7-8-15/h12-15,17,19H,7-11H2,1-6H3. The zero-order valence-electron chi connectivity index (χ0n) is 13.7. The molecule has 2 atom stereocenters. The van der Waals surface area contributed by atoms with Crippen LogP contribution >= 0.6 is 0 Å². The van der Waals surface area contributed by atoms with Crippen LogP contribution in [0.15, 0.2) is 0 Å². The lowest BCUT2D eigenvalue weighted by molar-refractivity contribution is 0.0892. The molecule has 0 radical (unpaired) electrons. The number of rotatable bonds is 9. The van der Waals surface area contributed by atoms with Crippen molar-refractivity contribution in [2.45, 2.75) is 84.5 Å². The van der Waals surface area contributed by atoms with E-state index in [0.717, 1.165) is 12.3 Å². The monoisotopic (exact) mass is 270 g/mol. The lowest BCUT2D eigenvalue weighted by Crippen LogP contribution is -2.54. The first-order chi connectivity index (χ1) is 8.77. The van der Waals surface area contributed by atoms with Crippen molar-refractivity contribution in [3.05, 3.63) is 0 Å². The molecule has 2 N–H and O–H groups in total. The minimum absolute atomic E-state index is 0.176. The topological polar surface area (TPSA) is 35.5 Å². The summed E-state index contributed by atoms with van der Waals surface area (Å²) >= 11 is 0. The van der Waals surface area contributed by atoms with Gasteiger partial charge in [-0.1, -0.05) is 13.8 Å². The van der Waals surface area contributed by atoms with Gasteiger partial charge in [0.2, 0.25) is 0 Å². The van der Waals surface area contributed by atoms with Crippen molar-refractivity contribution in [1.82, 2.24) is 10.2 Å². The van der Waals surface area contributed by atoms with Crippen LogP contribution in [-0.4, -0.2) is 46.8 Å². The van der Waals surface area contributed by atoms with E-state index in [0.29, 0.717) is 18.1 Å². The average Bonchev–Trinajstić information content (AvgIpc) is 3.07. The molecule has 3 nitrogen and oxygen atoms in total. The fourth-order valence-electron chi connectivity index (χ4n) is 3.13. The second-order valence-electron chi connectivity index (χ2n) is 7.30. The van der Waals surface area contributed by atoms with E-state index in [-0.39, 0.29) is 12.1 Å². The molecule has 0 saturated heterocycles. The molecule has 0 aromatic rings. The normalized spacial score (nSPS) is 21.2. The van der Waals surface area contributed by atoms with Crippen LogP contribution in [0.3, 0.4) is 0 Å². The Labute approximate surface area is 119 Å². The maximum absolute atomic E-state index is 9.72. The number of hydrogen-bond donors (Lipinski definition) is 2. The smallest absolute Gasteiger partial charge is 0.0611 e. The van der Waals surface area contributed by atoms with Gasteiger partial charge in [-0.05, 0) is 52.9 Å². The Kier molecular flexibility index (Phi) is 6.28. The molecule has 19 heavy (non-hydrogen) atoms. The van der Waals surface area contributed by atoms with Gasteiger partial charge in [0.1, 0.15) is 0 Å². The summed E-state index contributed by atoms with van der Waals surface area (Å²) in [6, 6.07) is 1.49. The average molecular weight is 270 g/mol. The van der Waals surface area contributed by atoms with Crippen LogP contribution in [0.5, 0.6) is 0 Å². The first kappa shape index (κ1) is 16.9. The van der Waals surface area contributed by atoms with E-state index in [1.165, 1.54) is 19.4 Å². The van der Waals surface area contributed by atoms with Crippen molar-refractivity contribution < 1.29 is 5.11 Å². The van der Waals surface area contributed by atoms with Gasteiger partial charge in [0.05, 0.1) is 6.61 Å². The molecular weight excluding hydrogens is 236 g/mol. The largest absolute Gasteiger partial charge is 0.394 e. The van der Waals surface area contributed by atoms with Gasteiger partial charge in [-0.2, -0.15) is 0 Å². The van der Waals surface area contributed by atoms with E-state index in [1.54, 1.807) is 0 Å². The molecule has 0 aliphatic heterocycles. The van der Waals surface area contributed by atoms with E-state index < -0.39 is 0 Å². The summed E-state index contributed by atoms with van der Waals surface area (Å²) in [5.74, 6) is 0.920. The van der Waals surface area contributed by atoms with Crippen LogP contribution < -0.4 is 5.32 Å². The first-order valence-corrected chi connectivity index (χ1v) is 7.91. The number of hydrogen-bond acceptors (Lipinski definition) is 3. The number of nitrogens with one attached hydrogen (secondary N) is 1. The predicted molar refractivity (Wildman–Crippen MR) is 82.4 cm³/mol. The summed E-state index contributed by atoms with van der Waals surface area (Å²) in [5.41, 5.74) is -0.176. The highest BCUT2D eigenvalue weighted by molar-refractivity contribution is 4.90. The summed E-state index contributed by atoms with van der Waals surface area (Å²) in [6.45, 7) is 14.7. The second kappa shape index (κ2) is 7.05. The molecule has 0 spiro atoms. The van der Waals surface area contributed by atoms with Crippen molar-refractivity contribution in [1.29, 1.82) is 0 Å². The number of nitrogens with zero attached hydrogens (tertiary/aromatic N) is 1. The highest BCUT2D eigenvalue weighted by Gasteiger charge is 2.32. The van der Waals surface area contributed by atoms with E-state index in [9.17, 15) is 5.11 Å². The van der Waals surface area contributed by atoms with Crippen molar-refractivity contribution in [2.75, 3.05) is 13.2 Å². The fourth-order valence-corrected chi connectivity index (χ4v) is 3.13. The third kappa shape index (κ3) is 5.80. The van der Waals surface area contributed by atoms with Crippen molar-refractivity contribution in [3.63, 3.8) is 0 Å². The van der Waals surface area contributed by atoms with Crippen LogP contribution in [0.4, 0.5) is 0 Å². The van der Waals surface area contributed by atoms with Gasteiger partial charge in [0.25, 0.3) is 0 Å². The molecular formula is C16H34N2O. The molecule has 0 aromatic heterocycles. The fraction of sp³-hybridized carbons (Fsp3) is 1.00. The lowest BCUT2D eigenvalue weighted by Gasteiger charge is -2.39. The van der Waals surface area contributed by atoms with E-state index in [4.69, 9.17) is 0 Å². The zero-order valence-corrected chi connectivity index (χ0v) is 13.7.